The van der Waals surface area contributed by atoms with Crippen LogP contribution in [0, 0.1) is 13.8 Å². The standard InChI is InChI=1S/C21H24N2O8S/c1-13-12-18(24)30-14(2)19(13)21(26)31-15(3)20(25)22-16-4-6-17(7-5-16)32(27,28)23-8-10-29-11-9-23/h4-7,12,15H,8-11H2,1-3H3,(H,22,25)/t15-/m0/s1. The van der Waals surface area contributed by atoms with Crippen molar-refractivity contribution in [2.24, 2.45) is 0 Å². The fourth-order valence-corrected chi connectivity index (χ4v) is 4.63. The maximum Gasteiger partial charge on any atom is 0.342 e. The van der Waals surface area contributed by atoms with Crippen molar-refractivity contribution < 1.29 is 31.9 Å². The number of aryl methyl sites for hydroxylation is 2. The quantitative estimate of drug-likeness (QED) is 0.636. The number of hydrogen-bond acceptors (Lipinski definition) is 8. The molecule has 0 aliphatic carbocycles. The van der Waals surface area contributed by atoms with Gasteiger partial charge in [0.05, 0.1) is 18.1 Å². The molecular formula is C21H24N2O8S. The number of nitrogens with zero attached hydrogens (tertiary/aromatic N) is 1. The number of esters is 1. The van der Waals surface area contributed by atoms with E-state index in [4.69, 9.17) is 13.9 Å². The largest absolute Gasteiger partial charge is 0.449 e. The number of sulfonamides is 1. The van der Waals surface area contributed by atoms with Gasteiger partial charge in [-0.05, 0) is 50.6 Å². The smallest absolute Gasteiger partial charge is 0.342 e. The van der Waals surface area contributed by atoms with Crippen LogP contribution < -0.4 is 10.9 Å². The first kappa shape index (κ1) is 23.6. The molecule has 0 spiro atoms. The van der Waals surface area contributed by atoms with Crippen LogP contribution in [0.25, 0.3) is 0 Å². The van der Waals surface area contributed by atoms with E-state index in [1.54, 1.807) is 6.92 Å². The number of rotatable bonds is 6. The lowest BCUT2D eigenvalue weighted by molar-refractivity contribution is -0.123. The Morgan fingerprint density at radius 2 is 1.75 bits per heavy atom. The Bertz CT molecular complexity index is 1140. The van der Waals surface area contributed by atoms with Crippen LogP contribution in [0.2, 0.25) is 0 Å². The zero-order valence-corrected chi connectivity index (χ0v) is 18.7. The second kappa shape index (κ2) is 9.63. The zero-order chi connectivity index (χ0) is 23.5. The SMILES string of the molecule is Cc1cc(=O)oc(C)c1C(=O)O[C@@H](C)C(=O)Nc1ccc(S(=O)(=O)N2CCOCC2)cc1. The van der Waals surface area contributed by atoms with Crippen LogP contribution >= 0.6 is 0 Å². The minimum Gasteiger partial charge on any atom is -0.449 e. The van der Waals surface area contributed by atoms with E-state index in [1.165, 1.54) is 48.5 Å². The highest BCUT2D eigenvalue weighted by Crippen LogP contribution is 2.20. The fourth-order valence-electron chi connectivity index (χ4n) is 3.23. The number of anilines is 1. The van der Waals surface area contributed by atoms with Gasteiger partial charge in [0.2, 0.25) is 10.0 Å². The van der Waals surface area contributed by atoms with E-state index in [0.717, 1.165) is 0 Å². The van der Waals surface area contributed by atoms with E-state index >= 15 is 0 Å². The minimum absolute atomic E-state index is 0.0851. The lowest BCUT2D eigenvalue weighted by atomic mass is 10.1. The van der Waals surface area contributed by atoms with E-state index in [0.29, 0.717) is 24.5 Å². The lowest BCUT2D eigenvalue weighted by Gasteiger charge is -2.26. The van der Waals surface area contributed by atoms with Gasteiger partial charge < -0.3 is 19.2 Å². The Morgan fingerprint density at radius 1 is 1.12 bits per heavy atom. The van der Waals surface area contributed by atoms with Gasteiger partial charge in [-0.3, -0.25) is 4.79 Å². The van der Waals surface area contributed by atoms with Crippen molar-refractivity contribution in [1.82, 2.24) is 4.31 Å². The van der Waals surface area contributed by atoms with Crippen molar-refractivity contribution in [3.63, 3.8) is 0 Å². The summed E-state index contributed by atoms with van der Waals surface area (Å²) < 4.78 is 42.0. The van der Waals surface area contributed by atoms with Gasteiger partial charge >= 0.3 is 11.6 Å². The third-order valence-electron chi connectivity index (χ3n) is 4.92. The molecule has 0 radical (unpaired) electrons. The molecule has 1 amide bonds. The minimum atomic E-state index is -3.64. The Hall–Kier alpha value is -3.02. The molecule has 1 N–H and O–H groups in total. The first-order valence-electron chi connectivity index (χ1n) is 9.91. The summed E-state index contributed by atoms with van der Waals surface area (Å²) in [4.78, 5) is 36.3. The van der Waals surface area contributed by atoms with Gasteiger partial charge in [0.15, 0.2) is 6.10 Å². The maximum absolute atomic E-state index is 12.7. The highest BCUT2D eigenvalue weighted by molar-refractivity contribution is 7.89. The molecule has 2 heterocycles. The monoisotopic (exact) mass is 464 g/mol. The molecule has 1 fully saturated rings. The van der Waals surface area contributed by atoms with E-state index < -0.39 is 33.6 Å². The van der Waals surface area contributed by atoms with Gasteiger partial charge in [-0.2, -0.15) is 4.31 Å². The summed E-state index contributed by atoms with van der Waals surface area (Å²) in [5.41, 5.74) is 0.230. The van der Waals surface area contributed by atoms with E-state index in [-0.39, 0.29) is 29.3 Å². The van der Waals surface area contributed by atoms with Crippen LogP contribution in [0.3, 0.4) is 0 Å². The molecule has 0 unspecified atom stereocenters. The van der Waals surface area contributed by atoms with Crippen molar-refractivity contribution in [3.8, 4) is 0 Å². The van der Waals surface area contributed by atoms with Gasteiger partial charge in [0, 0.05) is 24.8 Å². The van der Waals surface area contributed by atoms with Gasteiger partial charge in [-0.1, -0.05) is 0 Å². The summed E-state index contributed by atoms with van der Waals surface area (Å²) in [5, 5.41) is 2.58. The molecule has 32 heavy (non-hydrogen) atoms. The third kappa shape index (κ3) is 5.23. The van der Waals surface area contributed by atoms with Crippen LogP contribution in [0.15, 0.2) is 44.4 Å². The van der Waals surface area contributed by atoms with Gasteiger partial charge in [-0.25, -0.2) is 18.0 Å². The lowest BCUT2D eigenvalue weighted by Crippen LogP contribution is -2.40. The molecule has 1 aliphatic rings. The predicted octanol–water partition coefficient (Wildman–Crippen LogP) is 1.46. The summed E-state index contributed by atoms with van der Waals surface area (Å²) in [6.45, 7) is 5.69. The average molecular weight is 464 g/mol. The van der Waals surface area contributed by atoms with E-state index in [9.17, 15) is 22.8 Å². The van der Waals surface area contributed by atoms with Gasteiger partial charge in [-0.15, -0.1) is 0 Å². The van der Waals surface area contributed by atoms with Crippen molar-refractivity contribution in [1.29, 1.82) is 0 Å². The topological polar surface area (TPSA) is 132 Å². The van der Waals surface area contributed by atoms with Crippen molar-refractivity contribution in [3.05, 3.63) is 57.6 Å². The third-order valence-corrected chi connectivity index (χ3v) is 6.83. The zero-order valence-electron chi connectivity index (χ0n) is 17.9. The molecular weight excluding hydrogens is 440 g/mol. The number of morpholine rings is 1. The van der Waals surface area contributed by atoms with Gasteiger partial charge in [0.1, 0.15) is 11.3 Å². The van der Waals surface area contributed by atoms with Gasteiger partial charge in [0.25, 0.3) is 5.91 Å². The molecule has 1 aromatic carbocycles. The number of amides is 1. The van der Waals surface area contributed by atoms with E-state index in [1.807, 2.05) is 0 Å². The first-order chi connectivity index (χ1) is 15.1. The summed E-state index contributed by atoms with van der Waals surface area (Å²) in [6.07, 6.45) is -1.15. The molecule has 0 bridgehead atoms. The molecule has 1 saturated heterocycles. The number of benzene rings is 1. The number of carbonyl (C=O) groups is 2. The van der Waals surface area contributed by atoms with Crippen molar-refractivity contribution >= 4 is 27.6 Å². The average Bonchev–Trinajstić information content (AvgIpc) is 2.74. The van der Waals surface area contributed by atoms with Crippen LogP contribution in [-0.4, -0.2) is 57.0 Å². The number of carbonyl (C=O) groups excluding carboxylic acids is 2. The van der Waals surface area contributed by atoms with E-state index in [2.05, 4.69) is 5.32 Å². The highest BCUT2D eigenvalue weighted by atomic mass is 32.2. The number of nitrogens with one attached hydrogen (secondary N) is 1. The Balaban J connectivity index is 1.64. The highest BCUT2D eigenvalue weighted by Gasteiger charge is 2.27. The van der Waals surface area contributed by atoms with Crippen molar-refractivity contribution in [2.75, 3.05) is 31.6 Å². The molecule has 0 saturated carbocycles. The maximum atomic E-state index is 12.7. The van der Waals surface area contributed by atoms with Crippen LogP contribution in [-0.2, 0) is 24.3 Å². The molecule has 1 aromatic heterocycles. The second-order valence-corrected chi connectivity index (χ2v) is 9.20. The summed E-state index contributed by atoms with van der Waals surface area (Å²) in [5.74, 6) is -1.29. The number of ether oxygens (including phenoxy) is 2. The Morgan fingerprint density at radius 3 is 2.34 bits per heavy atom. The van der Waals surface area contributed by atoms with Crippen LogP contribution in [0.4, 0.5) is 5.69 Å². The Labute approximate surface area is 185 Å². The summed E-state index contributed by atoms with van der Waals surface area (Å²) in [7, 11) is -3.64. The molecule has 1 atom stereocenters. The molecule has 2 aromatic rings. The summed E-state index contributed by atoms with van der Waals surface area (Å²) in [6, 6.07) is 6.88. The van der Waals surface area contributed by atoms with Crippen molar-refractivity contribution in [2.45, 2.75) is 31.8 Å². The molecule has 172 valence electrons. The fraction of sp³-hybridized carbons (Fsp3) is 0.381. The normalized spacial score (nSPS) is 15.7. The molecule has 10 nitrogen and oxygen atoms in total. The second-order valence-electron chi connectivity index (χ2n) is 7.26. The first-order valence-corrected chi connectivity index (χ1v) is 11.3. The number of hydrogen-bond donors (Lipinski definition) is 1. The predicted molar refractivity (Wildman–Crippen MR) is 114 cm³/mol. The molecule has 1 aliphatic heterocycles. The molecule has 11 heteroatoms. The Kier molecular flexibility index (Phi) is 7.12. The molecule has 3 rings (SSSR count). The summed E-state index contributed by atoms with van der Waals surface area (Å²) >= 11 is 0. The van der Waals surface area contributed by atoms with Crippen LogP contribution in [0.5, 0.6) is 0 Å². The van der Waals surface area contributed by atoms with Crippen LogP contribution in [0.1, 0.15) is 28.6 Å².